The van der Waals surface area contributed by atoms with E-state index >= 15 is 0 Å². The zero-order chi connectivity index (χ0) is 18.9. The van der Waals surface area contributed by atoms with Gasteiger partial charge in [-0.25, -0.2) is 9.97 Å². The highest BCUT2D eigenvalue weighted by Gasteiger charge is 2.54. The zero-order valence-corrected chi connectivity index (χ0v) is 15.6. The van der Waals surface area contributed by atoms with Crippen molar-refractivity contribution < 1.29 is 4.79 Å². The van der Waals surface area contributed by atoms with Crippen LogP contribution in [0.5, 0.6) is 0 Å². The number of aromatic nitrogens is 3. The second-order valence-corrected chi connectivity index (χ2v) is 9.00. The SMILES string of the molecule is Nc1[nH]c(N=NC(=O)C23CC4CC(CC(C4)C2)C3)c2nc3ccccc3nc12. The third-order valence-electron chi connectivity index (χ3n) is 7.04. The number of aromatic amines is 1. The van der Waals surface area contributed by atoms with Gasteiger partial charge >= 0.3 is 0 Å². The minimum atomic E-state index is -0.287. The first kappa shape index (κ1) is 16.2. The van der Waals surface area contributed by atoms with Gasteiger partial charge in [0.2, 0.25) is 0 Å². The highest BCUT2D eigenvalue weighted by molar-refractivity contribution is 5.98. The molecule has 7 heteroatoms. The van der Waals surface area contributed by atoms with E-state index < -0.39 is 0 Å². The predicted molar refractivity (Wildman–Crippen MR) is 106 cm³/mol. The molecule has 3 aromatic rings. The minimum absolute atomic E-state index is 0.0679. The van der Waals surface area contributed by atoms with Gasteiger partial charge in [0.1, 0.15) is 16.9 Å². The van der Waals surface area contributed by atoms with Crippen LogP contribution >= 0.6 is 0 Å². The number of azo groups is 1. The average molecular weight is 374 g/mol. The number of nitrogen functional groups attached to an aromatic ring is 1. The maximum atomic E-state index is 13.1. The number of rotatable bonds is 2. The van der Waals surface area contributed by atoms with Gasteiger partial charge in [0.05, 0.1) is 16.4 Å². The highest BCUT2D eigenvalue weighted by atomic mass is 16.2. The fraction of sp³-hybridized carbons (Fsp3) is 0.476. The fourth-order valence-corrected chi connectivity index (χ4v) is 6.25. The average Bonchev–Trinajstić information content (AvgIpc) is 2.98. The van der Waals surface area contributed by atoms with Gasteiger partial charge in [0.25, 0.3) is 5.91 Å². The van der Waals surface area contributed by atoms with Gasteiger partial charge in [-0.3, -0.25) is 4.79 Å². The molecule has 142 valence electrons. The molecule has 4 saturated carbocycles. The normalized spacial score (nSPS) is 31.4. The Morgan fingerprint density at radius 3 is 2.18 bits per heavy atom. The summed E-state index contributed by atoms with van der Waals surface area (Å²) >= 11 is 0. The van der Waals surface area contributed by atoms with Crippen molar-refractivity contribution in [2.45, 2.75) is 38.5 Å². The quantitative estimate of drug-likeness (QED) is 0.643. The van der Waals surface area contributed by atoms with Gasteiger partial charge in [0, 0.05) is 0 Å². The van der Waals surface area contributed by atoms with Crippen LogP contribution in [0.15, 0.2) is 34.5 Å². The molecule has 28 heavy (non-hydrogen) atoms. The van der Waals surface area contributed by atoms with Crippen LogP contribution in [-0.2, 0) is 4.79 Å². The Labute approximate surface area is 161 Å². The molecular formula is C21H22N6O. The first-order valence-corrected chi connectivity index (χ1v) is 10.1. The van der Waals surface area contributed by atoms with E-state index in [2.05, 4.69) is 25.2 Å². The summed E-state index contributed by atoms with van der Waals surface area (Å²) in [4.78, 5) is 25.3. The van der Waals surface area contributed by atoms with E-state index in [9.17, 15) is 4.79 Å². The highest BCUT2D eigenvalue weighted by Crippen LogP contribution is 2.60. The smallest absolute Gasteiger partial charge is 0.270 e. The summed E-state index contributed by atoms with van der Waals surface area (Å²) < 4.78 is 0. The van der Waals surface area contributed by atoms with Crippen molar-refractivity contribution in [3.63, 3.8) is 0 Å². The molecule has 0 radical (unpaired) electrons. The number of carbonyl (C=O) groups is 1. The lowest BCUT2D eigenvalue weighted by atomic mass is 9.49. The van der Waals surface area contributed by atoms with Gasteiger partial charge in [-0.15, -0.1) is 10.2 Å². The largest absolute Gasteiger partial charge is 0.383 e. The van der Waals surface area contributed by atoms with E-state index in [4.69, 9.17) is 5.73 Å². The van der Waals surface area contributed by atoms with E-state index in [-0.39, 0.29) is 11.3 Å². The molecule has 2 aromatic heterocycles. The van der Waals surface area contributed by atoms with Gasteiger partial charge in [0.15, 0.2) is 5.82 Å². The summed E-state index contributed by atoms with van der Waals surface area (Å²) in [5, 5.41) is 8.42. The number of para-hydroxylation sites is 2. The van der Waals surface area contributed by atoms with E-state index in [1.807, 2.05) is 24.3 Å². The third-order valence-corrected chi connectivity index (χ3v) is 7.04. The number of carbonyl (C=O) groups excluding carboxylic acids is 1. The lowest BCUT2D eigenvalue weighted by Crippen LogP contribution is -2.49. The summed E-state index contributed by atoms with van der Waals surface area (Å²) in [5.74, 6) is 2.83. The van der Waals surface area contributed by atoms with Crippen LogP contribution in [0.3, 0.4) is 0 Å². The molecule has 0 saturated heterocycles. The number of benzene rings is 1. The molecule has 0 unspecified atom stereocenters. The number of nitrogens with two attached hydrogens (primary N) is 1. The first-order chi connectivity index (χ1) is 13.6. The molecule has 4 fully saturated rings. The Morgan fingerprint density at radius 2 is 1.57 bits per heavy atom. The van der Waals surface area contributed by atoms with Gasteiger partial charge in [-0.2, -0.15) is 0 Å². The van der Waals surface area contributed by atoms with Crippen molar-refractivity contribution >= 4 is 39.6 Å². The second-order valence-electron chi connectivity index (χ2n) is 9.00. The molecule has 2 heterocycles. The lowest BCUT2D eigenvalue weighted by molar-refractivity contribution is -0.143. The van der Waals surface area contributed by atoms with Crippen molar-refractivity contribution in [2.24, 2.45) is 33.4 Å². The fourth-order valence-electron chi connectivity index (χ4n) is 6.25. The van der Waals surface area contributed by atoms with Crippen molar-refractivity contribution in [1.82, 2.24) is 15.0 Å². The molecule has 7 rings (SSSR count). The number of hydrogen-bond donors (Lipinski definition) is 2. The van der Waals surface area contributed by atoms with Crippen molar-refractivity contribution in [3.05, 3.63) is 24.3 Å². The number of nitrogens with one attached hydrogen (secondary N) is 1. The number of hydrogen-bond acceptors (Lipinski definition) is 5. The second kappa shape index (κ2) is 5.59. The Hall–Kier alpha value is -2.83. The van der Waals surface area contributed by atoms with E-state index in [1.54, 1.807) is 0 Å². The van der Waals surface area contributed by atoms with Crippen molar-refractivity contribution in [3.8, 4) is 0 Å². The number of anilines is 1. The molecule has 4 bridgehead atoms. The number of nitrogens with zero attached hydrogens (tertiary/aromatic N) is 4. The summed E-state index contributed by atoms with van der Waals surface area (Å²) in [6.45, 7) is 0. The maximum Gasteiger partial charge on any atom is 0.270 e. The van der Waals surface area contributed by atoms with Gasteiger partial charge in [-0.1, -0.05) is 12.1 Å². The molecule has 0 spiro atoms. The molecule has 0 aliphatic heterocycles. The summed E-state index contributed by atoms with van der Waals surface area (Å²) in [6, 6.07) is 7.62. The first-order valence-electron chi connectivity index (χ1n) is 10.1. The minimum Gasteiger partial charge on any atom is -0.383 e. The van der Waals surface area contributed by atoms with E-state index in [1.165, 1.54) is 19.3 Å². The number of amides is 1. The molecule has 0 atom stereocenters. The van der Waals surface area contributed by atoms with E-state index in [0.29, 0.717) is 40.4 Å². The van der Waals surface area contributed by atoms with Gasteiger partial charge in [-0.05, 0) is 68.4 Å². The molecule has 7 nitrogen and oxygen atoms in total. The monoisotopic (exact) mass is 374 g/mol. The molecule has 4 aliphatic carbocycles. The van der Waals surface area contributed by atoms with Crippen LogP contribution in [0, 0.1) is 23.2 Å². The predicted octanol–water partition coefficient (Wildman–Crippen LogP) is 4.52. The Morgan fingerprint density at radius 1 is 1.00 bits per heavy atom. The standard InChI is InChI=1S/C21H22N6O/c22-18-16-17(24-15-4-2-1-3-14(15)23-16)19(25-18)26-27-20(28)21-8-11-5-12(9-21)7-13(6-11)10-21/h1-4,11-13,25H,5-10,22H2. The molecular weight excluding hydrogens is 352 g/mol. The summed E-state index contributed by atoms with van der Waals surface area (Å²) in [6.07, 6.45) is 6.83. The van der Waals surface area contributed by atoms with Crippen LogP contribution in [-0.4, -0.2) is 20.9 Å². The summed E-state index contributed by atoms with van der Waals surface area (Å²) in [7, 11) is 0. The lowest BCUT2D eigenvalue weighted by Gasteiger charge is -2.54. The summed E-state index contributed by atoms with van der Waals surface area (Å²) in [5.41, 5.74) is 8.44. The third kappa shape index (κ3) is 2.31. The topological polar surface area (TPSA) is 109 Å². The van der Waals surface area contributed by atoms with Crippen molar-refractivity contribution in [1.29, 1.82) is 0 Å². The van der Waals surface area contributed by atoms with Crippen LogP contribution in [0.25, 0.3) is 22.1 Å². The van der Waals surface area contributed by atoms with Gasteiger partial charge < -0.3 is 10.7 Å². The Balaban J connectivity index is 1.36. The van der Waals surface area contributed by atoms with Crippen molar-refractivity contribution in [2.75, 3.05) is 5.73 Å². The molecule has 4 aliphatic rings. The maximum absolute atomic E-state index is 13.1. The molecule has 1 aromatic carbocycles. The van der Waals surface area contributed by atoms with Crippen LogP contribution in [0.2, 0.25) is 0 Å². The number of fused-ring (bicyclic) bond motifs is 2. The van der Waals surface area contributed by atoms with Crippen LogP contribution < -0.4 is 5.73 Å². The van der Waals surface area contributed by atoms with Crippen LogP contribution in [0.1, 0.15) is 38.5 Å². The molecule has 3 N–H and O–H groups in total. The Kier molecular flexibility index (Phi) is 3.23. The number of H-pyrrole nitrogens is 1. The molecule has 1 amide bonds. The zero-order valence-electron chi connectivity index (χ0n) is 15.6. The van der Waals surface area contributed by atoms with E-state index in [0.717, 1.165) is 30.3 Å². The van der Waals surface area contributed by atoms with Crippen LogP contribution in [0.4, 0.5) is 11.6 Å². The Bertz CT molecular complexity index is 1110.